The molecular weight excluding hydrogens is 319 g/mol. The number of amides is 1. The lowest BCUT2D eigenvalue weighted by molar-refractivity contribution is -0.139. The van der Waals surface area contributed by atoms with E-state index < -0.39 is 0 Å². The van der Waals surface area contributed by atoms with E-state index in [2.05, 4.69) is 5.32 Å². The molecular formula is C14H19Cl3N2O. The quantitative estimate of drug-likeness (QED) is 0.913. The van der Waals surface area contributed by atoms with Crippen molar-refractivity contribution in [3.05, 3.63) is 33.8 Å². The number of rotatable bonds is 4. The van der Waals surface area contributed by atoms with Gasteiger partial charge in [0.1, 0.15) is 0 Å². The number of nitrogens with one attached hydrogen (secondary N) is 1. The van der Waals surface area contributed by atoms with Crippen molar-refractivity contribution in [3.63, 3.8) is 0 Å². The summed E-state index contributed by atoms with van der Waals surface area (Å²) in [6.07, 6.45) is 0. The van der Waals surface area contributed by atoms with E-state index in [1.807, 2.05) is 30.9 Å². The first-order chi connectivity index (χ1) is 8.99. The Hall–Kier alpha value is -0.480. The Balaban J connectivity index is 0.00000200. The molecule has 1 heterocycles. The molecule has 6 heteroatoms. The van der Waals surface area contributed by atoms with Crippen molar-refractivity contribution in [2.45, 2.75) is 26.4 Å². The van der Waals surface area contributed by atoms with Crippen LogP contribution in [0.5, 0.6) is 0 Å². The van der Waals surface area contributed by atoms with Gasteiger partial charge in [-0.3, -0.25) is 4.79 Å². The van der Waals surface area contributed by atoms with Crippen LogP contribution < -0.4 is 5.32 Å². The third-order valence-corrected chi connectivity index (χ3v) is 4.11. The Morgan fingerprint density at radius 2 is 2.00 bits per heavy atom. The largest absolute Gasteiger partial charge is 0.336 e. The topological polar surface area (TPSA) is 32.3 Å². The number of nitrogens with zero attached hydrogens (tertiary/aromatic N) is 1. The average molecular weight is 338 g/mol. The van der Waals surface area contributed by atoms with E-state index in [0.29, 0.717) is 16.6 Å². The zero-order valence-electron chi connectivity index (χ0n) is 11.5. The summed E-state index contributed by atoms with van der Waals surface area (Å²) < 4.78 is 0. The SMILES string of the molecule is CC(C)N(Cc1ccc(Cl)c(Cl)c1)C(=O)C1CNC1.Cl. The van der Waals surface area contributed by atoms with Crippen LogP contribution in [0.3, 0.4) is 0 Å². The molecule has 0 unspecified atom stereocenters. The van der Waals surface area contributed by atoms with Crippen LogP contribution in [-0.2, 0) is 11.3 Å². The second-order valence-corrected chi connectivity index (χ2v) is 5.98. The van der Waals surface area contributed by atoms with Gasteiger partial charge >= 0.3 is 0 Å². The molecule has 0 atom stereocenters. The van der Waals surface area contributed by atoms with Crippen LogP contribution in [0.25, 0.3) is 0 Å². The molecule has 0 aromatic heterocycles. The van der Waals surface area contributed by atoms with E-state index in [-0.39, 0.29) is 30.3 Å². The van der Waals surface area contributed by atoms with E-state index in [4.69, 9.17) is 23.2 Å². The molecule has 0 bridgehead atoms. The lowest BCUT2D eigenvalue weighted by Gasteiger charge is -2.35. The van der Waals surface area contributed by atoms with Crippen LogP contribution >= 0.6 is 35.6 Å². The molecule has 3 nitrogen and oxygen atoms in total. The second kappa shape index (κ2) is 7.51. The molecule has 20 heavy (non-hydrogen) atoms. The van der Waals surface area contributed by atoms with Gasteiger partial charge in [-0.1, -0.05) is 29.3 Å². The van der Waals surface area contributed by atoms with Crippen LogP contribution in [-0.4, -0.2) is 29.9 Å². The molecule has 0 spiro atoms. The fourth-order valence-corrected chi connectivity index (χ4v) is 2.37. The Kier molecular flexibility index (Phi) is 6.59. The van der Waals surface area contributed by atoms with Crippen molar-refractivity contribution in [2.24, 2.45) is 5.92 Å². The van der Waals surface area contributed by atoms with E-state index in [1.165, 1.54) is 0 Å². The number of hydrogen-bond acceptors (Lipinski definition) is 2. The maximum Gasteiger partial charge on any atom is 0.228 e. The number of carbonyl (C=O) groups is 1. The lowest BCUT2D eigenvalue weighted by Crippen LogP contribution is -2.53. The highest BCUT2D eigenvalue weighted by Crippen LogP contribution is 2.24. The fraction of sp³-hybridized carbons (Fsp3) is 0.500. The standard InChI is InChI=1S/C14H18Cl2N2O.ClH/c1-9(2)18(14(19)11-6-17-7-11)8-10-3-4-12(15)13(16)5-10;/h3-5,9,11,17H,6-8H2,1-2H3;1H. The van der Waals surface area contributed by atoms with Crippen molar-refractivity contribution in [3.8, 4) is 0 Å². The van der Waals surface area contributed by atoms with Crippen LogP contribution in [0.15, 0.2) is 18.2 Å². The van der Waals surface area contributed by atoms with Crippen molar-refractivity contribution < 1.29 is 4.79 Å². The highest BCUT2D eigenvalue weighted by atomic mass is 35.5. The summed E-state index contributed by atoms with van der Waals surface area (Å²) in [4.78, 5) is 14.2. The minimum absolute atomic E-state index is 0. The normalized spacial score (nSPS) is 14.7. The van der Waals surface area contributed by atoms with Gasteiger partial charge in [-0.05, 0) is 31.5 Å². The Morgan fingerprint density at radius 3 is 2.45 bits per heavy atom. The summed E-state index contributed by atoms with van der Waals surface area (Å²) in [5.74, 6) is 0.324. The van der Waals surface area contributed by atoms with Crippen molar-refractivity contribution >= 4 is 41.5 Å². The molecule has 2 rings (SSSR count). The minimum Gasteiger partial charge on any atom is -0.336 e. The van der Waals surface area contributed by atoms with Gasteiger partial charge in [-0.2, -0.15) is 0 Å². The van der Waals surface area contributed by atoms with E-state index in [9.17, 15) is 4.79 Å². The van der Waals surface area contributed by atoms with Gasteiger partial charge in [0.05, 0.1) is 16.0 Å². The van der Waals surface area contributed by atoms with Crippen molar-refractivity contribution in [2.75, 3.05) is 13.1 Å². The summed E-state index contributed by atoms with van der Waals surface area (Å²) in [5, 5.41) is 4.20. The maximum absolute atomic E-state index is 12.4. The number of halogens is 3. The predicted molar refractivity (Wildman–Crippen MR) is 85.8 cm³/mol. The van der Waals surface area contributed by atoms with E-state index in [1.54, 1.807) is 6.07 Å². The fourth-order valence-electron chi connectivity index (χ4n) is 2.05. The molecule has 1 aliphatic rings. The first-order valence-corrected chi connectivity index (χ1v) is 7.19. The zero-order valence-corrected chi connectivity index (χ0v) is 13.9. The average Bonchev–Trinajstić information content (AvgIpc) is 2.27. The molecule has 0 aliphatic carbocycles. The molecule has 112 valence electrons. The lowest BCUT2D eigenvalue weighted by atomic mass is 10.0. The van der Waals surface area contributed by atoms with Crippen molar-refractivity contribution in [1.29, 1.82) is 0 Å². The molecule has 1 aromatic rings. The van der Waals surface area contributed by atoms with Gasteiger partial charge in [0, 0.05) is 25.7 Å². The summed E-state index contributed by atoms with van der Waals surface area (Å²) in [7, 11) is 0. The molecule has 1 saturated heterocycles. The highest BCUT2D eigenvalue weighted by Gasteiger charge is 2.30. The second-order valence-electron chi connectivity index (χ2n) is 5.16. The van der Waals surface area contributed by atoms with Gasteiger partial charge in [0.2, 0.25) is 5.91 Å². The molecule has 1 aliphatic heterocycles. The van der Waals surface area contributed by atoms with E-state index >= 15 is 0 Å². The van der Waals surface area contributed by atoms with Gasteiger partial charge in [0.25, 0.3) is 0 Å². The molecule has 1 amide bonds. The Bertz CT molecular complexity index is 475. The Labute approximate surface area is 136 Å². The molecule has 1 aromatic carbocycles. The van der Waals surface area contributed by atoms with E-state index in [0.717, 1.165) is 18.7 Å². The van der Waals surface area contributed by atoms with Crippen LogP contribution in [0.4, 0.5) is 0 Å². The van der Waals surface area contributed by atoms with Gasteiger partial charge in [0.15, 0.2) is 0 Å². The zero-order chi connectivity index (χ0) is 14.0. The third kappa shape index (κ3) is 4.01. The Morgan fingerprint density at radius 1 is 1.35 bits per heavy atom. The third-order valence-electron chi connectivity index (χ3n) is 3.37. The molecule has 0 radical (unpaired) electrons. The minimum atomic E-state index is 0. The maximum atomic E-state index is 12.4. The highest BCUT2D eigenvalue weighted by molar-refractivity contribution is 6.42. The van der Waals surface area contributed by atoms with Gasteiger partial charge < -0.3 is 10.2 Å². The monoisotopic (exact) mass is 336 g/mol. The summed E-state index contributed by atoms with van der Waals surface area (Å²) in [6.45, 7) is 6.19. The first-order valence-electron chi connectivity index (χ1n) is 6.44. The number of carbonyl (C=O) groups excluding carboxylic acids is 1. The molecule has 1 N–H and O–H groups in total. The summed E-state index contributed by atoms with van der Waals surface area (Å²) in [6, 6.07) is 5.68. The first kappa shape index (κ1) is 17.6. The molecule has 0 saturated carbocycles. The van der Waals surface area contributed by atoms with Crippen LogP contribution in [0.1, 0.15) is 19.4 Å². The van der Waals surface area contributed by atoms with Crippen LogP contribution in [0, 0.1) is 5.92 Å². The van der Waals surface area contributed by atoms with Gasteiger partial charge in [-0.15, -0.1) is 12.4 Å². The van der Waals surface area contributed by atoms with Gasteiger partial charge in [-0.25, -0.2) is 0 Å². The molecule has 1 fully saturated rings. The summed E-state index contributed by atoms with van der Waals surface area (Å²) >= 11 is 11.9. The smallest absolute Gasteiger partial charge is 0.228 e. The number of benzene rings is 1. The predicted octanol–water partition coefficient (Wildman–Crippen LogP) is 3.37. The summed E-state index contributed by atoms with van der Waals surface area (Å²) in [5.41, 5.74) is 1.00. The number of hydrogen-bond donors (Lipinski definition) is 1. The van der Waals surface area contributed by atoms with Crippen molar-refractivity contribution in [1.82, 2.24) is 10.2 Å². The van der Waals surface area contributed by atoms with Crippen LogP contribution in [0.2, 0.25) is 10.0 Å².